The SMILES string of the molecule is COC(=O)COCCOCCOc1ccc(NC(C)=O)cc1. The van der Waals surface area contributed by atoms with Gasteiger partial charge in [-0.15, -0.1) is 0 Å². The molecule has 0 heterocycles. The molecule has 7 nitrogen and oxygen atoms in total. The Morgan fingerprint density at radius 2 is 1.64 bits per heavy atom. The summed E-state index contributed by atoms with van der Waals surface area (Å²) in [6, 6.07) is 7.06. The third-order valence-electron chi connectivity index (χ3n) is 2.49. The molecule has 1 amide bonds. The molecule has 0 fully saturated rings. The van der Waals surface area contributed by atoms with Crippen LogP contribution >= 0.6 is 0 Å². The Morgan fingerprint density at radius 3 is 2.27 bits per heavy atom. The van der Waals surface area contributed by atoms with Crippen molar-refractivity contribution >= 4 is 17.6 Å². The second-order valence-corrected chi connectivity index (χ2v) is 4.30. The number of esters is 1. The van der Waals surface area contributed by atoms with Gasteiger partial charge < -0.3 is 24.3 Å². The van der Waals surface area contributed by atoms with Crippen molar-refractivity contribution in [2.24, 2.45) is 0 Å². The van der Waals surface area contributed by atoms with Gasteiger partial charge in [-0.3, -0.25) is 4.79 Å². The second-order valence-electron chi connectivity index (χ2n) is 4.30. The van der Waals surface area contributed by atoms with Crippen molar-refractivity contribution in [2.45, 2.75) is 6.92 Å². The molecule has 0 spiro atoms. The molecule has 1 N–H and O–H groups in total. The number of ether oxygens (including phenoxy) is 4. The summed E-state index contributed by atoms with van der Waals surface area (Å²) in [5.41, 5.74) is 0.721. The minimum atomic E-state index is -0.411. The van der Waals surface area contributed by atoms with Gasteiger partial charge in [0, 0.05) is 12.6 Å². The first-order valence-electron chi connectivity index (χ1n) is 6.84. The number of carbonyl (C=O) groups is 2. The lowest BCUT2D eigenvalue weighted by Gasteiger charge is -2.08. The number of anilines is 1. The van der Waals surface area contributed by atoms with Crippen molar-refractivity contribution in [1.82, 2.24) is 0 Å². The van der Waals surface area contributed by atoms with Crippen LogP contribution in [0.25, 0.3) is 0 Å². The molecule has 0 aliphatic rings. The van der Waals surface area contributed by atoms with Crippen LogP contribution in [0.15, 0.2) is 24.3 Å². The number of rotatable bonds is 10. The van der Waals surface area contributed by atoms with E-state index >= 15 is 0 Å². The predicted molar refractivity (Wildman–Crippen MR) is 79.9 cm³/mol. The van der Waals surface area contributed by atoms with Crippen LogP contribution in [0.3, 0.4) is 0 Å². The third-order valence-corrected chi connectivity index (χ3v) is 2.49. The number of amides is 1. The largest absolute Gasteiger partial charge is 0.491 e. The fraction of sp³-hybridized carbons (Fsp3) is 0.467. The smallest absolute Gasteiger partial charge is 0.331 e. The minimum Gasteiger partial charge on any atom is -0.491 e. The molecule has 0 saturated heterocycles. The molecule has 0 unspecified atom stereocenters. The van der Waals surface area contributed by atoms with E-state index < -0.39 is 5.97 Å². The first-order valence-corrected chi connectivity index (χ1v) is 6.84. The molecule has 0 aromatic heterocycles. The highest BCUT2D eigenvalue weighted by molar-refractivity contribution is 5.88. The summed E-state index contributed by atoms with van der Waals surface area (Å²) in [4.78, 5) is 21.6. The maximum absolute atomic E-state index is 10.9. The Labute approximate surface area is 129 Å². The van der Waals surface area contributed by atoms with E-state index in [0.29, 0.717) is 32.2 Å². The van der Waals surface area contributed by atoms with E-state index in [0.717, 1.165) is 5.69 Å². The Hall–Kier alpha value is -2.12. The lowest BCUT2D eigenvalue weighted by atomic mass is 10.3. The molecule has 1 rings (SSSR count). The van der Waals surface area contributed by atoms with Gasteiger partial charge in [0.25, 0.3) is 0 Å². The van der Waals surface area contributed by atoms with Crippen molar-refractivity contribution in [3.63, 3.8) is 0 Å². The molecule has 0 bridgehead atoms. The third kappa shape index (κ3) is 8.23. The quantitative estimate of drug-likeness (QED) is 0.517. The average molecular weight is 311 g/mol. The van der Waals surface area contributed by atoms with Gasteiger partial charge in [0.1, 0.15) is 19.0 Å². The highest BCUT2D eigenvalue weighted by atomic mass is 16.6. The summed E-state index contributed by atoms with van der Waals surface area (Å²) >= 11 is 0. The molecule has 1 aromatic rings. The van der Waals surface area contributed by atoms with Gasteiger partial charge in [0.15, 0.2) is 0 Å². The van der Waals surface area contributed by atoms with E-state index in [9.17, 15) is 9.59 Å². The van der Waals surface area contributed by atoms with Gasteiger partial charge in [-0.25, -0.2) is 4.79 Å². The summed E-state index contributed by atoms with van der Waals surface area (Å²) in [6.07, 6.45) is 0. The number of hydrogen-bond donors (Lipinski definition) is 1. The van der Waals surface area contributed by atoms with Crippen molar-refractivity contribution in [2.75, 3.05) is 45.5 Å². The van der Waals surface area contributed by atoms with E-state index in [4.69, 9.17) is 14.2 Å². The number of hydrogen-bond acceptors (Lipinski definition) is 6. The molecule has 122 valence electrons. The molecule has 1 aromatic carbocycles. The van der Waals surface area contributed by atoms with Gasteiger partial charge in [-0.1, -0.05) is 0 Å². The van der Waals surface area contributed by atoms with Crippen molar-refractivity contribution in [3.8, 4) is 5.75 Å². The van der Waals surface area contributed by atoms with Crippen molar-refractivity contribution in [3.05, 3.63) is 24.3 Å². The van der Waals surface area contributed by atoms with Gasteiger partial charge in [0.05, 0.1) is 26.9 Å². The van der Waals surface area contributed by atoms with Crippen LogP contribution in [0.1, 0.15) is 6.92 Å². The summed E-state index contributed by atoms with van der Waals surface area (Å²) in [5, 5.41) is 2.67. The Balaban J connectivity index is 2.05. The summed E-state index contributed by atoms with van der Waals surface area (Å²) in [7, 11) is 1.31. The monoisotopic (exact) mass is 311 g/mol. The standard InChI is InChI=1S/C15H21NO6/c1-12(17)16-13-3-5-14(6-4-13)22-10-9-20-7-8-21-11-15(18)19-2/h3-6H,7-11H2,1-2H3,(H,16,17). The van der Waals surface area contributed by atoms with E-state index in [2.05, 4.69) is 10.1 Å². The first kappa shape index (κ1) is 17.9. The van der Waals surface area contributed by atoms with E-state index in [1.165, 1.54) is 14.0 Å². The summed E-state index contributed by atoms with van der Waals surface area (Å²) < 4.78 is 20.2. The van der Waals surface area contributed by atoms with E-state index in [1.807, 2.05) is 0 Å². The molecule has 7 heteroatoms. The minimum absolute atomic E-state index is 0.0724. The van der Waals surface area contributed by atoms with Gasteiger partial charge >= 0.3 is 5.97 Å². The zero-order chi connectivity index (χ0) is 16.2. The highest BCUT2D eigenvalue weighted by Gasteiger charge is 1.99. The summed E-state index contributed by atoms with van der Waals surface area (Å²) in [6.45, 7) is 2.89. The summed E-state index contributed by atoms with van der Waals surface area (Å²) in [5.74, 6) is 0.169. The van der Waals surface area contributed by atoms with Gasteiger partial charge in [-0.2, -0.15) is 0 Å². The van der Waals surface area contributed by atoms with Crippen LogP contribution < -0.4 is 10.1 Å². The van der Waals surface area contributed by atoms with Crippen LogP contribution in [-0.4, -0.2) is 52.0 Å². The molecule has 0 aliphatic heterocycles. The average Bonchev–Trinajstić information content (AvgIpc) is 2.50. The van der Waals surface area contributed by atoms with Crippen molar-refractivity contribution < 1.29 is 28.5 Å². The topological polar surface area (TPSA) is 83.1 Å². The Morgan fingerprint density at radius 1 is 1.00 bits per heavy atom. The second kappa shape index (κ2) is 10.6. The number of carbonyl (C=O) groups excluding carboxylic acids is 2. The Bertz CT molecular complexity index is 460. The molecule has 0 aliphatic carbocycles. The van der Waals surface area contributed by atoms with Gasteiger partial charge in [-0.05, 0) is 24.3 Å². The zero-order valence-corrected chi connectivity index (χ0v) is 12.8. The fourth-order valence-electron chi connectivity index (χ4n) is 1.49. The number of benzene rings is 1. The molecule has 22 heavy (non-hydrogen) atoms. The lowest BCUT2D eigenvalue weighted by Crippen LogP contribution is -2.15. The van der Waals surface area contributed by atoms with Crippen LogP contribution in [0.5, 0.6) is 5.75 Å². The fourth-order valence-corrected chi connectivity index (χ4v) is 1.49. The molecular weight excluding hydrogens is 290 g/mol. The maximum atomic E-state index is 10.9. The number of methoxy groups -OCH3 is 1. The Kier molecular flexibility index (Phi) is 8.63. The zero-order valence-electron chi connectivity index (χ0n) is 12.8. The van der Waals surface area contributed by atoms with Crippen molar-refractivity contribution in [1.29, 1.82) is 0 Å². The van der Waals surface area contributed by atoms with Crippen LogP contribution in [0, 0.1) is 0 Å². The molecule has 0 radical (unpaired) electrons. The molecule has 0 saturated carbocycles. The maximum Gasteiger partial charge on any atom is 0.331 e. The van der Waals surface area contributed by atoms with Crippen LogP contribution in [0.2, 0.25) is 0 Å². The lowest BCUT2D eigenvalue weighted by molar-refractivity contribution is -0.146. The van der Waals surface area contributed by atoms with Crippen LogP contribution in [0.4, 0.5) is 5.69 Å². The first-order chi connectivity index (χ1) is 10.6. The van der Waals surface area contributed by atoms with Gasteiger partial charge in [0.2, 0.25) is 5.91 Å². The number of nitrogens with one attached hydrogen (secondary N) is 1. The molecular formula is C15H21NO6. The van der Waals surface area contributed by atoms with Crippen LogP contribution in [-0.2, 0) is 23.8 Å². The highest BCUT2D eigenvalue weighted by Crippen LogP contribution is 2.15. The van der Waals surface area contributed by atoms with E-state index in [-0.39, 0.29) is 12.5 Å². The molecule has 0 atom stereocenters. The normalized spacial score (nSPS) is 10.1. The van der Waals surface area contributed by atoms with E-state index in [1.54, 1.807) is 24.3 Å². The predicted octanol–water partition coefficient (Wildman–Crippen LogP) is 1.23.